The summed E-state index contributed by atoms with van der Waals surface area (Å²) >= 11 is 0. The first-order chi connectivity index (χ1) is 11.1. The molecule has 0 amide bonds. The van der Waals surface area contributed by atoms with Crippen molar-refractivity contribution in [2.24, 2.45) is 0 Å². The number of aliphatic hydroxyl groups excluding tert-OH is 2. The number of ether oxygens (including phenoxy) is 1. The fourth-order valence-corrected chi connectivity index (χ4v) is 2.73. The molecule has 0 aromatic rings. The number of carboxylic acids is 1. The lowest BCUT2D eigenvalue weighted by Crippen LogP contribution is -2.18. The SMILES string of the molecule is O=C(O)C[C@@H]1CC[C@@H](C[C@H](O)/C=C\C/C=C\CCCCCO)O1. The van der Waals surface area contributed by atoms with Gasteiger partial charge in [-0.25, -0.2) is 0 Å². The number of unbranched alkanes of at least 4 members (excludes halogenated alkanes) is 3. The fourth-order valence-electron chi connectivity index (χ4n) is 2.73. The molecule has 0 spiro atoms. The summed E-state index contributed by atoms with van der Waals surface area (Å²) < 4.78 is 5.63. The first-order valence-corrected chi connectivity index (χ1v) is 8.59. The quantitative estimate of drug-likeness (QED) is 0.379. The monoisotopic (exact) mass is 326 g/mol. The maximum absolute atomic E-state index is 10.6. The Kier molecular flexibility index (Phi) is 10.6. The van der Waals surface area contributed by atoms with Crippen molar-refractivity contribution >= 4 is 5.97 Å². The van der Waals surface area contributed by atoms with Gasteiger partial charge in [0.15, 0.2) is 0 Å². The van der Waals surface area contributed by atoms with Gasteiger partial charge in [-0.05, 0) is 38.5 Å². The molecular formula is C18H30O5. The van der Waals surface area contributed by atoms with Gasteiger partial charge in [0.2, 0.25) is 0 Å². The van der Waals surface area contributed by atoms with Crippen molar-refractivity contribution < 1.29 is 24.9 Å². The van der Waals surface area contributed by atoms with Crippen LogP contribution in [-0.4, -0.2) is 46.2 Å². The van der Waals surface area contributed by atoms with Gasteiger partial charge in [0.25, 0.3) is 0 Å². The Morgan fingerprint density at radius 3 is 2.65 bits per heavy atom. The number of hydrogen-bond acceptors (Lipinski definition) is 4. The van der Waals surface area contributed by atoms with Crippen LogP contribution in [0.15, 0.2) is 24.3 Å². The average molecular weight is 326 g/mol. The van der Waals surface area contributed by atoms with Gasteiger partial charge in [0, 0.05) is 13.0 Å². The molecule has 1 saturated heterocycles. The van der Waals surface area contributed by atoms with Crippen molar-refractivity contribution in [3.63, 3.8) is 0 Å². The Hall–Kier alpha value is -1.17. The number of carbonyl (C=O) groups is 1. The predicted octanol–water partition coefficient (Wildman–Crippen LogP) is 2.81. The van der Waals surface area contributed by atoms with Crippen LogP contribution >= 0.6 is 0 Å². The third-order valence-corrected chi connectivity index (χ3v) is 3.93. The van der Waals surface area contributed by atoms with Crippen LogP contribution < -0.4 is 0 Å². The zero-order chi connectivity index (χ0) is 16.9. The lowest BCUT2D eigenvalue weighted by molar-refractivity contribution is -0.140. The van der Waals surface area contributed by atoms with Crippen LogP contribution in [0, 0.1) is 0 Å². The molecule has 1 aliphatic rings. The van der Waals surface area contributed by atoms with E-state index >= 15 is 0 Å². The van der Waals surface area contributed by atoms with Crippen molar-refractivity contribution in [3.8, 4) is 0 Å². The molecule has 1 fully saturated rings. The zero-order valence-corrected chi connectivity index (χ0v) is 13.8. The highest BCUT2D eigenvalue weighted by Gasteiger charge is 2.27. The Morgan fingerprint density at radius 1 is 1.13 bits per heavy atom. The Morgan fingerprint density at radius 2 is 1.91 bits per heavy atom. The van der Waals surface area contributed by atoms with Gasteiger partial charge in [0.05, 0.1) is 24.7 Å². The van der Waals surface area contributed by atoms with Gasteiger partial charge in [-0.3, -0.25) is 4.79 Å². The molecule has 3 N–H and O–H groups in total. The molecule has 1 rings (SSSR count). The fraction of sp³-hybridized carbons (Fsp3) is 0.722. The second kappa shape index (κ2) is 12.3. The summed E-state index contributed by atoms with van der Waals surface area (Å²) in [5, 5.41) is 27.3. The minimum atomic E-state index is -0.834. The highest BCUT2D eigenvalue weighted by atomic mass is 16.5. The number of aliphatic hydroxyl groups is 2. The largest absolute Gasteiger partial charge is 0.481 e. The zero-order valence-electron chi connectivity index (χ0n) is 13.8. The summed E-state index contributed by atoms with van der Waals surface area (Å²) in [6, 6.07) is 0. The molecule has 0 bridgehead atoms. The topological polar surface area (TPSA) is 87.0 Å². The predicted molar refractivity (Wildman–Crippen MR) is 89.2 cm³/mol. The molecular weight excluding hydrogens is 296 g/mol. The minimum Gasteiger partial charge on any atom is -0.481 e. The molecule has 0 aromatic heterocycles. The van der Waals surface area contributed by atoms with E-state index in [9.17, 15) is 9.90 Å². The van der Waals surface area contributed by atoms with E-state index in [0.29, 0.717) is 6.42 Å². The maximum atomic E-state index is 10.6. The van der Waals surface area contributed by atoms with Gasteiger partial charge in [-0.1, -0.05) is 30.7 Å². The second-order valence-electron chi connectivity index (χ2n) is 6.07. The third kappa shape index (κ3) is 10.3. The summed E-state index contributed by atoms with van der Waals surface area (Å²) in [4.78, 5) is 10.6. The smallest absolute Gasteiger partial charge is 0.305 e. The van der Waals surface area contributed by atoms with Crippen molar-refractivity contribution in [1.29, 1.82) is 0 Å². The van der Waals surface area contributed by atoms with Gasteiger partial charge in [0.1, 0.15) is 0 Å². The van der Waals surface area contributed by atoms with E-state index in [-0.39, 0.29) is 25.2 Å². The molecule has 23 heavy (non-hydrogen) atoms. The number of rotatable bonds is 12. The maximum Gasteiger partial charge on any atom is 0.305 e. The molecule has 0 saturated carbocycles. The summed E-state index contributed by atoms with van der Waals surface area (Å²) in [5.41, 5.74) is 0. The Balaban J connectivity index is 2.08. The molecule has 5 nitrogen and oxygen atoms in total. The number of carboxylic acid groups (broad SMARTS) is 1. The van der Waals surface area contributed by atoms with E-state index in [1.165, 1.54) is 0 Å². The van der Waals surface area contributed by atoms with Crippen molar-refractivity contribution in [2.75, 3.05) is 6.61 Å². The third-order valence-electron chi connectivity index (χ3n) is 3.93. The molecule has 132 valence electrons. The highest BCUT2D eigenvalue weighted by molar-refractivity contribution is 5.67. The van der Waals surface area contributed by atoms with E-state index in [4.69, 9.17) is 14.9 Å². The summed E-state index contributed by atoms with van der Waals surface area (Å²) in [5.74, 6) is -0.834. The van der Waals surface area contributed by atoms with Gasteiger partial charge in [-0.2, -0.15) is 0 Å². The average Bonchev–Trinajstić information content (AvgIpc) is 2.91. The summed E-state index contributed by atoms with van der Waals surface area (Å²) in [7, 11) is 0. The highest BCUT2D eigenvalue weighted by Crippen LogP contribution is 2.25. The van der Waals surface area contributed by atoms with Crippen LogP contribution in [0.4, 0.5) is 0 Å². The Bertz CT molecular complexity index is 378. The second-order valence-corrected chi connectivity index (χ2v) is 6.07. The lowest BCUT2D eigenvalue weighted by atomic mass is 10.1. The standard InChI is InChI=1S/C18H30O5/c19-12-8-6-4-2-1-3-5-7-9-15(20)13-16-10-11-17(23-16)14-18(21)22/h1,3,7,9,15-17,19-20H,2,4-6,8,10-14H2,(H,21,22)/b3-1-,9-7-/t15-,16+,17+/m1/s1. The molecule has 0 aliphatic carbocycles. The minimum absolute atomic E-state index is 0.0407. The molecule has 5 heteroatoms. The van der Waals surface area contributed by atoms with E-state index in [2.05, 4.69) is 12.2 Å². The lowest BCUT2D eigenvalue weighted by Gasteiger charge is -2.14. The van der Waals surface area contributed by atoms with Crippen LogP contribution in [-0.2, 0) is 9.53 Å². The van der Waals surface area contributed by atoms with Crippen molar-refractivity contribution in [3.05, 3.63) is 24.3 Å². The van der Waals surface area contributed by atoms with Crippen molar-refractivity contribution in [1.82, 2.24) is 0 Å². The van der Waals surface area contributed by atoms with E-state index < -0.39 is 12.1 Å². The van der Waals surface area contributed by atoms with Crippen LogP contribution in [0.5, 0.6) is 0 Å². The number of hydrogen-bond donors (Lipinski definition) is 3. The van der Waals surface area contributed by atoms with Crippen LogP contribution in [0.2, 0.25) is 0 Å². The van der Waals surface area contributed by atoms with E-state index in [1.807, 2.05) is 6.08 Å². The normalized spacial score (nSPS) is 23.0. The first kappa shape index (κ1) is 19.9. The number of aliphatic carboxylic acids is 1. The first-order valence-electron chi connectivity index (χ1n) is 8.59. The number of allylic oxidation sites excluding steroid dienone is 3. The van der Waals surface area contributed by atoms with Gasteiger partial charge in [-0.15, -0.1) is 0 Å². The summed E-state index contributed by atoms with van der Waals surface area (Å²) in [6.45, 7) is 0.270. The van der Waals surface area contributed by atoms with E-state index in [1.54, 1.807) is 6.08 Å². The molecule has 3 atom stereocenters. The molecule has 0 unspecified atom stereocenters. The van der Waals surface area contributed by atoms with Crippen LogP contribution in [0.1, 0.15) is 57.8 Å². The van der Waals surface area contributed by atoms with E-state index in [0.717, 1.165) is 44.9 Å². The van der Waals surface area contributed by atoms with Crippen molar-refractivity contribution in [2.45, 2.75) is 76.1 Å². The summed E-state index contributed by atoms with van der Waals surface area (Å²) in [6.07, 6.45) is 14.1. The van der Waals surface area contributed by atoms with Crippen LogP contribution in [0.25, 0.3) is 0 Å². The van der Waals surface area contributed by atoms with Gasteiger partial charge < -0.3 is 20.1 Å². The molecule has 1 aliphatic heterocycles. The molecule has 1 heterocycles. The molecule has 0 aromatic carbocycles. The molecule has 0 radical (unpaired) electrons. The van der Waals surface area contributed by atoms with Crippen LogP contribution in [0.3, 0.4) is 0 Å². The van der Waals surface area contributed by atoms with Gasteiger partial charge >= 0.3 is 5.97 Å². The Labute approximate surface area is 138 Å².